The van der Waals surface area contributed by atoms with E-state index < -0.39 is 12.1 Å². The van der Waals surface area contributed by atoms with Crippen LogP contribution in [0.1, 0.15) is 219 Å². The van der Waals surface area contributed by atoms with Gasteiger partial charge in [-0.05, 0) is 64.2 Å². The second-order valence-corrected chi connectivity index (χ2v) is 15.4. The van der Waals surface area contributed by atoms with E-state index in [1.807, 2.05) is 6.08 Å². The molecule has 0 heterocycles. The van der Waals surface area contributed by atoms with Crippen LogP contribution in [0.2, 0.25) is 0 Å². The van der Waals surface area contributed by atoms with Crippen LogP contribution < -0.4 is 5.32 Å². The molecule has 0 spiro atoms. The summed E-state index contributed by atoms with van der Waals surface area (Å²) in [5.74, 6) is -0.0678. The van der Waals surface area contributed by atoms with Gasteiger partial charge in [-0.3, -0.25) is 4.79 Å². The predicted octanol–water partition coefficient (Wildman–Crippen LogP) is 14.7. The maximum Gasteiger partial charge on any atom is 0.220 e. The molecule has 4 heteroatoms. The second kappa shape index (κ2) is 45.2. The van der Waals surface area contributed by atoms with Crippen molar-refractivity contribution in [2.75, 3.05) is 6.61 Å². The molecule has 312 valence electrons. The molecule has 0 aromatic rings. The van der Waals surface area contributed by atoms with Crippen LogP contribution in [0.25, 0.3) is 0 Å². The number of aliphatic hydroxyl groups is 2. The van der Waals surface area contributed by atoms with Gasteiger partial charge in [-0.25, -0.2) is 0 Å². The first kappa shape index (κ1) is 51.8. The lowest BCUT2D eigenvalue weighted by Crippen LogP contribution is -2.45. The molecule has 4 nitrogen and oxygen atoms in total. The molecule has 54 heavy (non-hydrogen) atoms. The van der Waals surface area contributed by atoms with Crippen LogP contribution in [0.15, 0.2) is 72.9 Å². The van der Waals surface area contributed by atoms with Gasteiger partial charge in [-0.2, -0.15) is 0 Å². The minimum Gasteiger partial charge on any atom is -0.394 e. The quantitative estimate of drug-likeness (QED) is 0.0430. The third kappa shape index (κ3) is 41.0. The van der Waals surface area contributed by atoms with Gasteiger partial charge in [0.2, 0.25) is 5.91 Å². The van der Waals surface area contributed by atoms with Gasteiger partial charge in [0.25, 0.3) is 0 Å². The highest BCUT2D eigenvalue weighted by molar-refractivity contribution is 5.76. The zero-order valence-corrected chi connectivity index (χ0v) is 35.7. The van der Waals surface area contributed by atoms with Crippen LogP contribution in [0, 0.1) is 0 Å². The molecule has 2 unspecified atom stereocenters. The average molecular weight is 752 g/mol. The highest BCUT2D eigenvalue weighted by atomic mass is 16.3. The number of unbranched alkanes of at least 4 members (excludes halogenated alkanes) is 24. The molecule has 0 radical (unpaired) electrons. The maximum absolute atomic E-state index is 12.4. The van der Waals surface area contributed by atoms with Crippen molar-refractivity contribution in [3.63, 3.8) is 0 Å². The number of rotatable bonds is 41. The fraction of sp³-hybridized carbons (Fsp3) is 0.740. The van der Waals surface area contributed by atoms with Crippen molar-refractivity contribution in [2.45, 2.75) is 231 Å². The van der Waals surface area contributed by atoms with E-state index >= 15 is 0 Å². The highest BCUT2D eigenvalue weighted by Crippen LogP contribution is 2.15. The summed E-state index contributed by atoms with van der Waals surface area (Å²) in [6, 6.07) is -0.623. The molecule has 0 aromatic carbocycles. The molecule has 1 amide bonds. The number of amides is 1. The van der Waals surface area contributed by atoms with Crippen molar-refractivity contribution in [1.29, 1.82) is 0 Å². The van der Waals surface area contributed by atoms with Gasteiger partial charge in [0.15, 0.2) is 0 Å². The number of hydrogen-bond donors (Lipinski definition) is 3. The van der Waals surface area contributed by atoms with E-state index in [2.05, 4.69) is 79.9 Å². The minimum absolute atomic E-state index is 0.0678. The van der Waals surface area contributed by atoms with Gasteiger partial charge in [-0.15, -0.1) is 0 Å². The summed E-state index contributed by atoms with van der Waals surface area (Å²) in [6.45, 7) is 4.18. The molecule has 0 fully saturated rings. The van der Waals surface area contributed by atoms with E-state index in [9.17, 15) is 15.0 Å². The molecule has 3 N–H and O–H groups in total. The number of aliphatic hydroxyl groups excluding tert-OH is 2. The SMILES string of the molecule is CC/C=C\C/C=C\C/C=C\C/C=C\C/C=C\CCCCCCCCCCCCCCCCCC(=O)NC(CO)C(O)/C=C/CCCCCCCCCCC. The van der Waals surface area contributed by atoms with Gasteiger partial charge in [0.05, 0.1) is 18.8 Å². The lowest BCUT2D eigenvalue weighted by molar-refractivity contribution is -0.123. The Bertz CT molecular complexity index is 946. The lowest BCUT2D eigenvalue weighted by atomic mass is 10.0. The molecule has 0 saturated carbocycles. The Morgan fingerprint density at radius 3 is 1.22 bits per heavy atom. The van der Waals surface area contributed by atoms with Crippen molar-refractivity contribution in [3.8, 4) is 0 Å². The smallest absolute Gasteiger partial charge is 0.220 e. The van der Waals surface area contributed by atoms with Crippen molar-refractivity contribution in [1.82, 2.24) is 5.32 Å². The van der Waals surface area contributed by atoms with E-state index in [1.165, 1.54) is 141 Å². The van der Waals surface area contributed by atoms with Crippen molar-refractivity contribution >= 4 is 5.91 Å². The molecule has 0 saturated heterocycles. The van der Waals surface area contributed by atoms with Gasteiger partial charge < -0.3 is 15.5 Å². The number of hydrogen-bond acceptors (Lipinski definition) is 3. The first-order valence-corrected chi connectivity index (χ1v) is 23.2. The predicted molar refractivity (Wildman–Crippen MR) is 239 cm³/mol. The molecule has 0 aromatic heterocycles. The Labute approximate surface area is 336 Å². The maximum atomic E-state index is 12.4. The van der Waals surface area contributed by atoms with Crippen LogP contribution in [-0.4, -0.2) is 34.9 Å². The molecule has 2 atom stereocenters. The summed E-state index contributed by atoms with van der Waals surface area (Å²) in [5.41, 5.74) is 0. The number of carbonyl (C=O) groups excluding carboxylic acids is 1. The summed E-state index contributed by atoms with van der Waals surface area (Å²) in [6.07, 6.45) is 64.5. The Balaban J connectivity index is 3.51. The monoisotopic (exact) mass is 752 g/mol. The molecular weight excluding hydrogens is 663 g/mol. The van der Waals surface area contributed by atoms with Gasteiger partial charge in [0.1, 0.15) is 0 Å². The zero-order chi connectivity index (χ0) is 39.3. The van der Waals surface area contributed by atoms with Crippen LogP contribution in [0.5, 0.6) is 0 Å². The largest absolute Gasteiger partial charge is 0.394 e. The van der Waals surface area contributed by atoms with E-state index in [0.29, 0.717) is 6.42 Å². The van der Waals surface area contributed by atoms with Gasteiger partial charge in [-0.1, -0.05) is 222 Å². The fourth-order valence-corrected chi connectivity index (χ4v) is 6.68. The zero-order valence-electron chi connectivity index (χ0n) is 35.7. The average Bonchev–Trinajstić information content (AvgIpc) is 3.18. The van der Waals surface area contributed by atoms with Crippen LogP contribution in [-0.2, 0) is 4.79 Å². The van der Waals surface area contributed by atoms with E-state index in [1.54, 1.807) is 6.08 Å². The first-order valence-electron chi connectivity index (χ1n) is 23.2. The molecule has 0 bridgehead atoms. The Hall–Kier alpha value is -2.17. The van der Waals surface area contributed by atoms with E-state index in [-0.39, 0.29) is 12.5 Å². The Morgan fingerprint density at radius 1 is 0.463 bits per heavy atom. The fourth-order valence-electron chi connectivity index (χ4n) is 6.68. The molecule has 0 rings (SSSR count). The lowest BCUT2D eigenvalue weighted by Gasteiger charge is -2.20. The topological polar surface area (TPSA) is 69.6 Å². The highest BCUT2D eigenvalue weighted by Gasteiger charge is 2.17. The van der Waals surface area contributed by atoms with E-state index in [0.717, 1.165) is 57.8 Å². The Morgan fingerprint density at radius 2 is 0.815 bits per heavy atom. The number of carbonyl (C=O) groups is 1. The number of nitrogens with one attached hydrogen (secondary N) is 1. The third-order valence-corrected chi connectivity index (χ3v) is 10.2. The summed E-state index contributed by atoms with van der Waals surface area (Å²) < 4.78 is 0. The molecule has 0 aliphatic rings. The minimum atomic E-state index is -0.839. The van der Waals surface area contributed by atoms with Crippen molar-refractivity contribution in [2.24, 2.45) is 0 Å². The third-order valence-electron chi connectivity index (χ3n) is 10.2. The number of allylic oxidation sites excluding steroid dienone is 11. The second-order valence-electron chi connectivity index (χ2n) is 15.4. The Kier molecular flexibility index (Phi) is 43.4. The summed E-state index contributed by atoms with van der Waals surface area (Å²) in [7, 11) is 0. The standard InChI is InChI=1S/C50H89NO3/c1-3-5-7-9-11-13-15-16-17-18-19-20-21-22-23-24-25-26-27-28-29-30-31-32-33-34-36-38-40-42-44-46-50(54)51-48(47-52)49(53)45-43-41-39-37-35-14-12-10-8-6-4-2/h5,7,11,13,16-17,19-20,22-23,43,45,48-49,52-53H,3-4,6,8-10,12,14-15,18,21,24-42,44,46-47H2,1-2H3,(H,51,54)/b7-5-,13-11-,17-16-,20-19-,23-22-,45-43+. The summed E-state index contributed by atoms with van der Waals surface area (Å²) in [5, 5.41) is 22.9. The summed E-state index contributed by atoms with van der Waals surface area (Å²) >= 11 is 0. The van der Waals surface area contributed by atoms with Crippen molar-refractivity contribution < 1.29 is 15.0 Å². The molecular formula is C50H89NO3. The molecule has 0 aliphatic heterocycles. The van der Waals surface area contributed by atoms with Gasteiger partial charge in [0, 0.05) is 6.42 Å². The van der Waals surface area contributed by atoms with Crippen LogP contribution in [0.3, 0.4) is 0 Å². The van der Waals surface area contributed by atoms with Crippen molar-refractivity contribution in [3.05, 3.63) is 72.9 Å². The van der Waals surface area contributed by atoms with E-state index in [4.69, 9.17) is 0 Å². The summed E-state index contributed by atoms with van der Waals surface area (Å²) in [4.78, 5) is 12.4. The normalized spacial score (nSPS) is 13.6. The van der Waals surface area contributed by atoms with Gasteiger partial charge >= 0.3 is 0 Å². The molecule has 0 aliphatic carbocycles. The first-order chi connectivity index (χ1) is 26.7. The van der Waals surface area contributed by atoms with Crippen LogP contribution in [0.4, 0.5) is 0 Å². The van der Waals surface area contributed by atoms with Crippen LogP contribution >= 0.6 is 0 Å².